The number of ketones is 1. The van der Waals surface area contributed by atoms with Gasteiger partial charge in [-0.15, -0.1) is 11.3 Å². The van der Waals surface area contributed by atoms with E-state index in [2.05, 4.69) is 25.1 Å². The molecule has 1 atom stereocenters. The van der Waals surface area contributed by atoms with Gasteiger partial charge in [0.1, 0.15) is 5.82 Å². The maximum atomic E-state index is 13.0. The van der Waals surface area contributed by atoms with Crippen LogP contribution in [0.5, 0.6) is 0 Å². The largest absolute Gasteiger partial charge is 0.384 e. The minimum Gasteiger partial charge on any atom is -0.384 e. The number of hydrogen-bond acceptors (Lipinski definition) is 5. The van der Waals surface area contributed by atoms with E-state index in [1.54, 1.807) is 11.3 Å². The summed E-state index contributed by atoms with van der Waals surface area (Å²) in [7, 11) is 0. The molecule has 2 aliphatic rings. The molecular weight excluding hydrogens is 366 g/mol. The van der Waals surface area contributed by atoms with Crippen LogP contribution in [0.1, 0.15) is 47.4 Å². The Morgan fingerprint density at radius 3 is 2.57 bits per heavy atom. The van der Waals surface area contributed by atoms with Crippen molar-refractivity contribution in [1.29, 1.82) is 5.26 Å². The molecule has 2 N–H and O–H groups in total. The van der Waals surface area contributed by atoms with Gasteiger partial charge in [-0.05, 0) is 56.0 Å². The third kappa shape index (κ3) is 2.94. The van der Waals surface area contributed by atoms with Crippen molar-refractivity contribution < 1.29 is 4.79 Å². The summed E-state index contributed by atoms with van der Waals surface area (Å²) in [5, 5.41) is 9.98. The van der Waals surface area contributed by atoms with Crippen LogP contribution < -0.4 is 10.6 Å². The Kier molecular flexibility index (Phi) is 4.82. The Morgan fingerprint density at radius 2 is 1.96 bits per heavy atom. The van der Waals surface area contributed by atoms with Crippen LogP contribution in [0.15, 0.2) is 59.1 Å². The summed E-state index contributed by atoms with van der Waals surface area (Å²) in [6.07, 6.45) is 3.09. The van der Waals surface area contributed by atoms with Crippen LogP contribution in [-0.2, 0) is 11.2 Å². The Hall–Kier alpha value is -2.84. The third-order valence-electron chi connectivity index (χ3n) is 5.56. The van der Waals surface area contributed by atoms with Crippen molar-refractivity contribution in [3.8, 4) is 6.07 Å². The summed E-state index contributed by atoms with van der Waals surface area (Å²) in [5.41, 5.74) is 10.9. The summed E-state index contributed by atoms with van der Waals surface area (Å²) in [6.45, 7) is 4.15. The molecule has 4 rings (SSSR count). The van der Waals surface area contributed by atoms with Crippen LogP contribution in [0.4, 0.5) is 5.69 Å². The molecule has 1 aromatic carbocycles. The number of aryl methyl sites for hydroxylation is 2. The second-order valence-corrected chi connectivity index (χ2v) is 8.60. The molecule has 4 nitrogen and oxygen atoms in total. The van der Waals surface area contributed by atoms with Crippen LogP contribution >= 0.6 is 11.3 Å². The summed E-state index contributed by atoms with van der Waals surface area (Å²) in [4.78, 5) is 17.1. The summed E-state index contributed by atoms with van der Waals surface area (Å²) in [5.74, 6) is 0.224. The Morgan fingerprint density at radius 1 is 1.21 bits per heavy atom. The zero-order valence-electron chi connectivity index (χ0n) is 16.2. The highest BCUT2D eigenvalue weighted by Gasteiger charge is 2.40. The lowest BCUT2D eigenvalue weighted by molar-refractivity contribution is -0.116. The number of nitriles is 1. The first-order valence-electron chi connectivity index (χ1n) is 9.66. The molecule has 0 amide bonds. The van der Waals surface area contributed by atoms with Gasteiger partial charge in [-0.25, -0.2) is 0 Å². The predicted molar refractivity (Wildman–Crippen MR) is 113 cm³/mol. The summed E-state index contributed by atoms with van der Waals surface area (Å²) >= 11 is 1.63. The molecule has 1 aromatic heterocycles. The van der Waals surface area contributed by atoms with E-state index in [4.69, 9.17) is 5.73 Å². The zero-order valence-corrected chi connectivity index (χ0v) is 17.0. The fourth-order valence-electron chi connectivity index (χ4n) is 4.16. The number of rotatable bonds is 3. The molecule has 28 heavy (non-hydrogen) atoms. The SMILES string of the molecule is CCc1ccc(N2C(N)=C(C#N)C(c3ccc(C)s3)C3=C2CCCC3=O)cc1. The van der Waals surface area contributed by atoms with Crippen LogP contribution in [0.25, 0.3) is 0 Å². The molecule has 142 valence electrons. The molecule has 0 saturated heterocycles. The highest BCUT2D eigenvalue weighted by atomic mass is 32.1. The number of nitrogens with two attached hydrogens (primary N) is 1. The van der Waals surface area contributed by atoms with Crippen molar-refractivity contribution in [3.05, 3.63) is 74.4 Å². The molecule has 1 aliphatic heterocycles. The number of hydrogen-bond donors (Lipinski definition) is 1. The fourth-order valence-corrected chi connectivity index (χ4v) is 5.15. The topological polar surface area (TPSA) is 70.1 Å². The van der Waals surface area contributed by atoms with Gasteiger partial charge in [-0.1, -0.05) is 19.1 Å². The molecule has 1 aliphatic carbocycles. The van der Waals surface area contributed by atoms with Gasteiger partial charge < -0.3 is 5.73 Å². The smallest absolute Gasteiger partial charge is 0.161 e. The van der Waals surface area contributed by atoms with Crippen molar-refractivity contribution in [3.63, 3.8) is 0 Å². The number of allylic oxidation sites excluding steroid dienone is 3. The quantitative estimate of drug-likeness (QED) is 0.808. The Balaban J connectivity index is 1.92. The first-order chi connectivity index (χ1) is 13.5. The standard InChI is InChI=1S/C23H23N3OS/c1-3-15-8-10-16(11-9-15)26-18-5-4-6-19(27)22(18)21(17(13-24)23(26)25)20-12-7-14(2)28-20/h7-12,21H,3-6,25H2,1-2H3. The van der Waals surface area contributed by atoms with E-state index in [9.17, 15) is 10.1 Å². The van der Waals surface area contributed by atoms with Gasteiger partial charge >= 0.3 is 0 Å². The number of carbonyl (C=O) groups is 1. The van der Waals surface area contributed by atoms with E-state index < -0.39 is 0 Å². The minimum absolute atomic E-state index is 0.132. The lowest BCUT2D eigenvalue weighted by Crippen LogP contribution is -2.38. The van der Waals surface area contributed by atoms with Crippen molar-refractivity contribution in [1.82, 2.24) is 0 Å². The second kappa shape index (κ2) is 7.29. The maximum Gasteiger partial charge on any atom is 0.161 e. The lowest BCUT2D eigenvalue weighted by Gasteiger charge is -2.39. The van der Waals surface area contributed by atoms with Gasteiger partial charge in [0.25, 0.3) is 0 Å². The molecule has 2 aromatic rings. The highest BCUT2D eigenvalue weighted by Crippen LogP contribution is 2.47. The molecule has 1 unspecified atom stereocenters. The van der Waals surface area contributed by atoms with Gasteiger partial charge in [0.15, 0.2) is 5.78 Å². The van der Waals surface area contributed by atoms with Gasteiger partial charge in [0.2, 0.25) is 0 Å². The predicted octanol–water partition coefficient (Wildman–Crippen LogP) is 4.92. The average molecular weight is 390 g/mol. The Labute approximate surface area is 169 Å². The van der Waals surface area contributed by atoms with E-state index >= 15 is 0 Å². The van der Waals surface area contributed by atoms with Gasteiger partial charge in [0, 0.05) is 33.1 Å². The van der Waals surface area contributed by atoms with Crippen LogP contribution in [-0.4, -0.2) is 5.78 Å². The van der Waals surface area contributed by atoms with Crippen molar-refractivity contribution in [2.45, 2.75) is 45.4 Å². The van der Waals surface area contributed by atoms with E-state index in [-0.39, 0.29) is 11.7 Å². The third-order valence-corrected chi connectivity index (χ3v) is 6.63. The van der Waals surface area contributed by atoms with E-state index in [0.717, 1.165) is 46.0 Å². The molecule has 0 fully saturated rings. The summed E-state index contributed by atoms with van der Waals surface area (Å²) < 4.78 is 0. The van der Waals surface area contributed by atoms with Crippen LogP contribution in [0, 0.1) is 18.3 Å². The number of Topliss-reactive ketones (excluding diaryl/α,β-unsaturated/α-hetero) is 1. The molecule has 0 saturated carbocycles. The highest BCUT2D eigenvalue weighted by molar-refractivity contribution is 7.12. The van der Waals surface area contributed by atoms with Crippen LogP contribution in [0.3, 0.4) is 0 Å². The normalized spacial score (nSPS) is 19.7. The van der Waals surface area contributed by atoms with Gasteiger partial charge in [-0.3, -0.25) is 9.69 Å². The van der Waals surface area contributed by atoms with Crippen LogP contribution in [0.2, 0.25) is 0 Å². The van der Waals surface area contributed by atoms with Crippen molar-refractivity contribution in [2.75, 3.05) is 4.90 Å². The first-order valence-corrected chi connectivity index (χ1v) is 10.5. The minimum atomic E-state index is -0.349. The number of carbonyl (C=O) groups excluding carboxylic acids is 1. The van der Waals surface area contributed by atoms with Crippen molar-refractivity contribution in [2.24, 2.45) is 5.73 Å². The number of benzene rings is 1. The molecular formula is C23H23N3OS. The molecule has 0 bridgehead atoms. The maximum absolute atomic E-state index is 13.0. The van der Waals surface area contributed by atoms with Crippen molar-refractivity contribution >= 4 is 22.8 Å². The molecule has 2 heterocycles. The number of nitrogens with zero attached hydrogens (tertiary/aromatic N) is 2. The Bertz CT molecular complexity index is 1040. The molecule has 5 heteroatoms. The monoisotopic (exact) mass is 389 g/mol. The lowest BCUT2D eigenvalue weighted by atomic mass is 9.78. The number of thiophene rings is 1. The molecule has 0 radical (unpaired) electrons. The zero-order chi connectivity index (χ0) is 19.8. The fraction of sp³-hybridized carbons (Fsp3) is 0.304. The first kappa shape index (κ1) is 18.5. The molecule has 0 spiro atoms. The van der Waals surface area contributed by atoms with E-state index in [0.29, 0.717) is 17.8 Å². The van der Waals surface area contributed by atoms with Gasteiger partial charge in [0.05, 0.1) is 17.6 Å². The summed E-state index contributed by atoms with van der Waals surface area (Å²) in [6, 6.07) is 14.6. The average Bonchev–Trinajstić information content (AvgIpc) is 3.13. The second-order valence-electron chi connectivity index (χ2n) is 7.28. The van der Waals surface area contributed by atoms with E-state index in [1.165, 1.54) is 5.56 Å². The number of anilines is 1. The van der Waals surface area contributed by atoms with E-state index in [1.807, 2.05) is 36.1 Å². The van der Waals surface area contributed by atoms with Gasteiger partial charge in [-0.2, -0.15) is 5.26 Å².